The van der Waals surface area contributed by atoms with Gasteiger partial charge in [0.25, 0.3) is 5.91 Å². The number of hydrogen-bond donors (Lipinski definition) is 2. The molecule has 4 rings (SSSR count). The lowest BCUT2D eigenvalue weighted by molar-refractivity contribution is -0.133. The van der Waals surface area contributed by atoms with E-state index in [1.165, 1.54) is 0 Å². The van der Waals surface area contributed by atoms with Crippen molar-refractivity contribution in [3.05, 3.63) is 58.7 Å². The van der Waals surface area contributed by atoms with Gasteiger partial charge in [-0.05, 0) is 67.5 Å². The van der Waals surface area contributed by atoms with E-state index in [4.69, 9.17) is 9.47 Å². The van der Waals surface area contributed by atoms with Crippen LogP contribution in [0.15, 0.2) is 36.4 Å². The molecule has 164 valence electrons. The number of hydrogen-bond acceptors (Lipinski definition) is 5. The topological polar surface area (TPSA) is 88.1 Å². The van der Waals surface area contributed by atoms with E-state index < -0.39 is 17.7 Å². The van der Waals surface area contributed by atoms with Crippen molar-refractivity contribution in [1.29, 1.82) is 0 Å². The van der Waals surface area contributed by atoms with Crippen LogP contribution in [-0.2, 0) is 16.8 Å². The first-order valence-corrected chi connectivity index (χ1v) is 10.5. The molecule has 0 bridgehead atoms. The Morgan fingerprint density at radius 2 is 1.94 bits per heavy atom. The maximum absolute atomic E-state index is 13.4. The normalized spacial score (nSPS) is 21.1. The van der Waals surface area contributed by atoms with Gasteiger partial charge in [-0.25, -0.2) is 4.79 Å². The van der Waals surface area contributed by atoms with Crippen molar-refractivity contribution in [2.24, 2.45) is 0 Å². The van der Waals surface area contributed by atoms with Gasteiger partial charge in [0.15, 0.2) is 0 Å². The van der Waals surface area contributed by atoms with Gasteiger partial charge in [0.2, 0.25) is 0 Å². The maximum Gasteiger partial charge on any atom is 0.325 e. The zero-order valence-corrected chi connectivity index (χ0v) is 18.1. The Labute approximate surface area is 182 Å². The molecule has 0 saturated carbocycles. The molecule has 7 nitrogen and oxygen atoms in total. The van der Waals surface area contributed by atoms with Crippen LogP contribution < -0.4 is 14.8 Å². The molecule has 31 heavy (non-hydrogen) atoms. The molecule has 2 aliphatic rings. The minimum atomic E-state index is -1.08. The number of aliphatic hydroxyl groups is 1. The number of nitrogens with one attached hydrogen (secondary N) is 1. The average molecular weight is 424 g/mol. The predicted molar refractivity (Wildman–Crippen MR) is 115 cm³/mol. The summed E-state index contributed by atoms with van der Waals surface area (Å²) in [4.78, 5) is 27.2. The van der Waals surface area contributed by atoms with Crippen LogP contribution in [0.2, 0.25) is 0 Å². The van der Waals surface area contributed by atoms with E-state index in [0.717, 1.165) is 45.7 Å². The van der Waals surface area contributed by atoms with Crippen molar-refractivity contribution >= 4 is 11.9 Å². The Hall–Kier alpha value is -3.06. The minimum absolute atomic E-state index is 0.0104. The molecule has 7 heteroatoms. The third-order valence-electron chi connectivity index (χ3n) is 6.17. The Balaban J connectivity index is 1.49. The average Bonchev–Trinajstić information content (AvgIpc) is 2.98. The molecule has 1 aliphatic carbocycles. The van der Waals surface area contributed by atoms with Crippen LogP contribution >= 0.6 is 0 Å². The fourth-order valence-electron chi connectivity index (χ4n) is 4.61. The van der Waals surface area contributed by atoms with E-state index >= 15 is 0 Å². The number of imide groups is 1. The fraction of sp³-hybridized carbons (Fsp3) is 0.417. The fourth-order valence-corrected chi connectivity index (χ4v) is 4.61. The Kier molecular flexibility index (Phi) is 5.62. The quantitative estimate of drug-likeness (QED) is 0.697. The highest BCUT2D eigenvalue weighted by Crippen LogP contribution is 2.41. The highest BCUT2D eigenvalue weighted by molar-refractivity contribution is 6.07. The summed E-state index contributed by atoms with van der Waals surface area (Å²) in [5, 5.41) is 13.4. The molecule has 2 atom stereocenters. The molecular formula is C24H28N2O5. The number of nitrogens with zero attached hydrogens (tertiary/aromatic N) is 1. The monoisotopic (exact) mass is 424 g/mol. The van der Waals surface area contributed by atoms with Gasteiger partial charge in [0.05, 0.1) is 13.7 Å². The molecule has 2 aromatic rings. The van der Waals surface area contributed by atoms with Crippen molar-refractivity contribution in [1.82, 2.24) is 10.2 Å². The third kappa shape index (κ3) is 3.74. The van der Waals surface area contributed by atoms with Gasteiger partial charge < -0.3 is 19.9 Å². The van der Waals surface area contributed by atoms with E-state index in [9.17, 15) is 14.7 Å². The molecule has 1 spiro atoms. The minimum Gasteiger partial charge on any atom is -0.497 e. The number of para-hydroxylation sites is 1. The van der Waals surface area contributed by atoms with Gasteiger partial charge >= 0.3 is 6.03 Å². The van der Waals surface area contributed by atoms with Crippen molar-refractivity contribution in [3.63, 3.8) is 0 Å². The molecule has 2 N–H and O–H groups in total. The summed E-state index contributed by atoms with van der Waals surface area (Å²) in [5.41, 5.74) is 2.66. The van der Waals surface area contributed by atoms with Crippen molar-refractivity contribution < 1.29 is 24.2 Å². The highest BCUT2D eigenvalue weighted by atomic mass is 16.5. The first kappa shape index (κ1) is 21.2. The third-order valence-corrected chi connectivity index (χ3v) is 6.17. The smallest absolute Gasteiger partial charge is 0.325 e. The van der Waals surface area contributed by atoms with E-state index in [-0.39, 0.29) is 19.1 Å². The number of rotatable bonds is 6. The molecule has 1 heterocycles. The Morgan fingerprint density at radius 3 is 2.65 bits per heavy atom. The van der Waals surface area contributed by atoms with Crippen molar-refractivity contribution in [2.45, 2.75) is 44.8 Å². The van der Waals surface area contributed by atoms with Crippen LogP contribution in [0.25, 0.3) is 0 Å². The molecule has 2 aromatic carbocycles. The molecular weight excluding hydrogens is 396 g/mol. The van der Waals surface area contributed by atoms with Gasteiger partial charge in [-0.1, -0.05) is 24.3 Å². The summed E-state index contributed by atoms with van der Waals surface area (Å²) >= 11 is 0. The summed E-state index contributed by atoms with van der Waals surface area (Å²) in [6.45, 7) is 3.74. The second kappa shape index (κ2) is 8.23. The number of aliphatic hydroxyl groups excluding tert-OH is 1. The van der Waals surface area contributed by atoms with E-state index in [0.29, 0.717) is 12.2 Å². The van der Waals surface area contributed by atoms with Crippen LogP contribution in [0.5, 0.6) is 11.5 Å². The van der Waals surface area contributed by atoms with Crippen LogP contribution in [0.1, 0.15) is 35.1 Å². The zero-order valence-electron chi connectivity index (χ0n) is 18.1. The number of carbonyl (C=O) groups excluding carboxylic acids is 2. The predicted octanol–water partition coefficient (Wildman–Crippen LogP) is 2.84. The van der Waals surface area contributed by atoms with Crippen LogP contribution in [0, 0.1) is 13.8 Å². The number of urea groups is 1. The van der Waals surface area contributed by atoms with Crippen LogP contribution in [0.3, 0.4) is 0 Å². The number of fused-ring (bicyclic) bond motifs is 2. The first-order valence-electron chi connectivity index (χ1n) is 10.5. The van der Waals surface area contributed by atoms with Gasteiger partial charge in [0, 0.05) is 0 Å². The Bertz CT molecular complexity index is 1000. The lowest BCUT2D eigenvalue weighted by atomic mass is 9.76. The van der Waals surface area contributed by atoms with E-state index in [2.05, 4.69) is 5.32 Å². The molecule has 1 saturated heterocycles. The van der Waals surface area contributed by atoms with Gasteiger partial charge in [-0.2, -0.15) is 0 Å². The Morgan fingerprint density at radius 1 is 1.19 bits per heavy atom. The van der Waals surface area contributed by atoms with Crippen molar-refractivity contribution in [3.8, 4) is 11.5 Å². The lowest BCUT2D eigenvalue weighted by Crippen LogP contribution is -2.47. The molecule has 1 aliphatic heterocycles. The summed E-state index contributed by atoms with van der Waals surface area (Å²) in [6, 6.07) is 10.9. The number of ether oxygens (including phenoxy) is 2. The maximum atomic E-state index is 13.4. The molecule has 1 fully saturated rings. The second-order valence-corrected chi connectivity index (χ2v) is 8.31. The molecule has 0 aromatic heterocycles. The van der Waals surface area contributed by atoms with Gasteiger partial charge in [0.1, 0.15) is 29.7 Å². The standard InChI is InChI=1S/C24H28N2O5/c1-15-6-4-7-16(2)21(15)31-14-18(27)13-26-22(28)24(25-23(26)29)11-5-8-17-12-19(30-3)9-10-20(17)24/h4,6-7,9-10,12,18,27H,5,8,11,13-14H2,1-3H3,(H,25,29). The number of β-amino-alcohol motifs (C(OH)–C–C–N with tert-alkyl or cyclic N) is 1. The summed E-state index contributed by atoms with van der Waals surface area (Å²) < 4.78 is 11.1. The van der Waals surface area contributed by atoms with Crippen LogP contribution in [-0.4, -0.2) is 48.3 Å². The van der Waals surface area contributed by atoms with Gasteiger partial charge in [-0.3, -0.25) is 9.69 Å². The molecule has 0 radical (unpaired) electrons. The number of amides is 3. The summed E-state index contributed by atoms with van der Waals surface area (Å²) in [7, 11) is 1.60. The van der Waals surface area contributed by atoms with E-state index in [1.807, 2.05) is 44.2 Å². The largest absolute Gasteiger partial charge is 0.497 e. The number of aryl methyl sites for hydroxylation is 3. The highest BCUT2D eigenvalue weighted by Gasteiger charge is 2.54. The molecule has 2 unspecified atom stereocenters. The molecule has 3 amide bonds. The number of methoxy groups -OCH3 is 1. The van der Waals surface area contributed by atoms with E-state index in [1.54, 1.807) is 13.2 Å². The second-order valence-electron chi connectivity index (χ2n) is 8.31. The number of benzene rings is 2. The van der Waals surface area contributed by atoms with Gasteiger partial charge in [-0.15, -0.1) is 0 Å². The zero-order chi connectivity index (χ0) is 22.2. The lowest BCUT2D eigenvalue weighted by Gasteiger charge is -2.33. The SMILES string of the molecule is COc1ccc2c(c1)CCCC21NC(=O)N(CC(O)COc2c(C)cccc2C)C1=O. The first-order chi connectivity index (χ1) is 14.9. The number of carbonyl (C=O) groups is 2. The summed E-state index contributed by atoms with van der Waals surface area (Å²) in [5.74, 6) is 1.11. The van der Waals surface area contributed by atoms with Crippen LogP contribution in [0.4, 0.5) is 4.79 Å². The van der Waals surface area contributed by atoms with Crippen molar-refractivity contribution in [2.75, 3.05) is 20.3 Å². The summed E-state index contributed by atoms with van der Waals surface area (Å²) in [6.07, 6.45) is 1.13.